The first kappa shape index (κ1) is 12.2. The van der Waals surface area contributed by atoms with E-state index < -0.39 is 5.41 Å². The zero-order valence-electron chi connectivity index (χ0n) is 9.05. The SMILES string of the molecule is CC(C)(C)C(=O)ON1CCC[C@H](I)C1. The van der Waals surface area contributed by atoms with Gasteiger partial charge in [-0.3, -0.25) is 0 Å². The first-order chi connectivity index (χ1) is 6.39. The lowest BCUT2D eigenvalue weighted by molar-refractivity contribution is -0.203. The van der Waals surface area contributed by atoms with Gasteiger partial charge in [-0.1, -0.05) is 22.6 Å². The highest BCUT2D eigenvalue weighted by Gasteiger charge is 2.28. The second-order valence-electron chi connectivity index (χ2n) is 4.76. The molecular weight excluding hydrogens is 293 g/mol. The highest BCUT2D eigenvalue weighted by molar-refractivity contribution is 14.1. The summed E-state index contributed by atoms with van der Waals surface area (Å²) in [5.74, 6) is -0.136. The van der Waals surface area contributed by atoms with Gasteiger partial charge in [0.1, 0.15) is 0 Å². The fourth-order valence-corrected chi connectivity index (χ4v) is 2.11. The van der Waals surface area contributed by atoms with Crippen LogP contribution in [-0.2, 0) is 9.63 Å². The highest BCUT2D eigenvalue weighted by Crippen LogP contribution is 2.21. The van der Waals surface area contributed by atoms with E-state index in [0.717, 1.165) is 19.5 Å². The van der Waals surface area contributed by atoms with Crippen LogP contribution in [0.15, 0.2) is 0 Å². The molecule has 3 nitrogen and oxygen atoms in total. The molecule has 1 rings (SSSR count). The second kappa shape index (κ2) is 4.79. The molecule has 0 aromatic heterocycles. The Bertz CT molecular complexity index is 213. The van der Waals surface area contributed by atoms with Gasteiger partial charge < -0.3 is 4.84 Å². The average Bonchev–Trinajstić information content (AvgIpc) is 2.02. The minimum atomic E-state index is -0.405. The van der Waals surface area contributed by atoms with Crippen molar-refractivity contribution in [2.45, 2.75) is 37.5 Å². The average molecular weight is 311 g/mol. The minimum absolute atomic E-state index is 0.136. The van der Waals surface area contributed by atoms with Crippen LogP contribution in [0.1, 0.15) is 33.6 Å². The summed E-state index contributed by atoms with van der Waals surface area (Å²) in [5, 5.41) is 1.80. The molecule has 0 saturated carbocycles. The van der Waals surface area contributed by atoms with E-state index in [0.29, 0.717) is 3.92 Å². The van der Waals surface area contributed by atoms with Gasteiger partial charge >= 0.3 is 5.97 Å². The number of nitrogens with zero attached hydrogens (tertiary/aromatic N) is 1. The quantitative estimate of drug-likeness (QED) is 0.550. The molecule has 0 aliphatic carbocycles. The number of piperidine rings is 1. The molecule has 1 fully saturated rings. The molecule has 1 aliphatic heterocycles. The van der Waals surface area contributed by atoms with E-state index in [1.165, 1.54) is 6.42 Å². The van der Waals surface area contributed by atoms with Crippen LogP contribution in [0.25, 0.3) is 0 Å². The summed E-state index contributed by atoms with van der Waals surface area (Å²) in [7, 11) is 0. The third kappa shape index (κ3) is 3.73. The van der Waals surface area contributed by atoms with E-state index >= 15 is 0 Å². The van der Waals surface area contributed by atoms with E-state index in [2.05, 4.69) is 22.6 Å². The molecule has 1 aliphatic rings. The van der Waals surface area contributed by atoms with Crippen molar-refractivity contribution in [2.75, 3.05) is 13.1 Å². The number of hydrogen-bond donors (Lipinski definition) is 0. The standard InChI is InChI=1S/C10H18INO2/c1-10(2,3)9(13)14-12-6-4-5-8(11)7-12/h8H,4-7H2,1-3H3/t8-/m0/s1. The lowest BCUT2D eigenvalue weighted by atomic mass is 9.98. The Labute approximate surface area is 99.3 Å². The van der Waals surface area contributed by atoms with Crippen molar-refractivity contribution >= 4 is 28.6 Å². The largest absolute Gasteiger partial charge is 0.367 e. The number of hydrogen-bond acceptors (Lipinski definition) is 3. The topological polar surface area (TPSA) is 29.5 Å². The van der Waals surface area contributed by atoms with Crippen LogP contribution >= 0.6 is 22.6 Å². The molecule has 14 heavy (non-hydrogen) atoms. The number of carbonyl (C=O) groups is 1. The molecule has 0 spiro atoms. The Balaban J connectivity index is 2.40. The van der Waals surface area contributed by atoms with Crippen molar-refractivity contribution in [3.63, 3.8) is 0 Å². The van der Waals surface area contributed by atoms with Crippen LogP contribution in [0.2, 0.25) is 0 Å². The summed E-state index contributed by atoms with van der Waals surface area (Å²) in [6, 6.07) is 0. The summed E-state index contributed by atoms with van der Waals surface area (Å²) >= 11 is 2.41. The van der Waals surface area contributed by atoms with Crippen LogP contribution in [0, 0.1) is 5.41 Å². The molecule has 0 N–H and O–H groups in total. The van der Waals surface area contributed by atoms with E-state index in [1.54, 1.807) is 5.06 Å². The van der Waals surface area contributed by atoms with E-state index in [1.807, 2.05) is 20.8 Å². The van der Waals surface area contributed by atoms with Gasteiger partial charge in [-0.15, -0.1) is 5.06 Å². The third-order valence-electron chi connectivity index (χ3n) is 2.15. The second-order valence-corrected chi connectivity index (χ2v) is 6.52. The Morgan fingerprint density at radius 1 is 1.50 bits per heavy atom. The molecule has 1 atom stereocenters. The Hall–Kier alpha value is 0.160. The maximum Gasteiger partial charge on any atom is 0.330 e. The van der Waals surface area contributed by atoms with Crippen LogP contribution in [0.3, 0.4) is 0 Å². The molecule has 4 heteroatoms. The maximum atomic E-state index is 11.6. The third-order valence-corrected chi connectivity index (χ3v) is 3.17. The molecule has 1 heterocycles. The Morgan fingerprint density at radius 2 is 2.14 bits per heavy atom. The molecule has 82 valence electrons. The maximum absolute atomic E-state index is 11.6. The summed E-state index contributed by atoms with van der Waals surface area (Å²) in [5.41, 5.74) is -0.405. The number of halogens is 1. The first-order valence-electron chi connectivity index (χ1n) is 5.01. The Kier molecular flexibility index (Phi) is 4.18. The van der Waals surface area contributed by atoms with Crippen molar-refractivity contribution in [1.29, 1.82) is 0 Å². The zero-order valence-corrected chi connectivity index (χ0v) is 11.2. The fraction of sp³-hybridized carbons (Fsp3) is 0.900. The first-order valence-corrected chi connectivity index (χ1v) is 6.25. The molecule has 0 radical (unpaired) electrons. The van der Waals surface area contributed by atoms with Gasteiger partial charge in [0.25, 0.3) is 0 Å². The number of alkyl halides is 1. The van der Waals surface area contributed by atoms with Crippen LogP contribution in [0.4, 0.5) is 0 Å². The summed E-state index contributed by atoms with van der Waals surface area (Å²) in [6.07, 6.45) is 2.34. The van der Waals surface area contributed by atoms with Crippen molar-refractivity contribution in [2.24, 2.45) is 5.41 Å². The van der Waals surface area contributed by atoms with E-state index in [9.17, 15) is 4.79 Å². The molecule has 0 aromatic rings. The lowest BCUT2D eigenvalue weighted by Gasteiger charge is -2.30. The van der Waals surface area contributed by atoms with E-state index in [-0.39, 0.29) is 5.97 Å². The van der Waals surface area contributed by atoms with Gasteiger partial charge in [0.15, 0.2) is 0 Å². The van der Waals surface area contributed by atoms with Crippen molar-refractivity contribution in [1.82, 2.24) is 5.06 Å². The lowest BCUT2D eigenvalue weighted by Crippen LogP contribution is -2.40. The van der Waals surface area contributed by atoms with Crippen LogP contribution < -0.4 is 0 Å². The van der Waals surface area contributed by atoms with Crippen molar-refractivity contribution in [3.05, 3.63) is 0 Å². The molecule has 0 bridgehead atoms. The predicted octanol–water partition coefficient (Wildman–Crippen LogP) is 2.39. The smallest absolute Gasteiger partial charge is 0.330 e. The predicted molar refractivity (Wildman–Crippen MR) is 64.2 cm³/mol. The molecule has 0 amide bonds. The summed E-state index contributed by atoms with van der Waals surface area (Å²) in [4.78, 5) is 16.9. The highest BCUT2D eigenvalue weighted by atomic mass is 127. The van der Waals surface area contributed by atoms with E-state index in [4.69, 9.17) is 4.84 Å². The van der Waals surface area contributed by atoms with Gasteiger partial charge in [0.05, 0.1) is 5.41 Å². The molecule has 0 aromatic carbocycles. The number of hydroxylamine groups is 2. The van der Waals surface area contributed by atoms with Crippen LogP contribution in [0.5, 0.6) is 0 Å². The molecule has 0 unspecified atom stereocenters. The Morgan fingerprint density at radius 3 is 2.64 bits per heavy atom. The van der Waals surface area contributed by atoms with Gasteiger partial charge in [-0.05, 0) is 33.6 Å². The number of rotatable bonds is 1. The number of carbonyl (C=O) groups excluding carboxylic acids is 1. The minimum Gasteiger partial charge on any atom is -0.367 e. The monoisotopic (exact) mass is 311 g/mol. The fourth-order valence-electron chi connectivity index (χ4n) is 1.23. The van der Waals surface area contributed by atoms with Gasteiger partial charge in [0.2, 0.25) is 0 Å². The van der Waals surface area contributed by atoms with Gasteiger partial charge in [0, 0.05) is 17.0 Å². The van der Waals surface area contributed by atoms with Gasteiger partial charge in [-0.2, -0.15) is 0 Å². The summed E-state index contributed by atoms with van der Waals surface area (Å²) < 4.78 is 0.606. The summed E-state index contributed by atoms with van der Waals surface area (Å²) in [6.45, 7) is 7.37. The molecular formula is C10H18INO2. The molecule has 1 saturated heterocycles. The van der Waals surface area contributed by atoms with Crippen molar-refractivity contribution < 1.29 is 9.63 Å². The zero-order chi connectivity index (χ0) is 10.8. The van der Waals surface area contributed by atoms with Crippen molar-refractivity contribution in [3.8, 4) is 0 Å². The normalized spacial score (nSPS) is 24.7. The van der Waals surface area contributed by atoms with Crippen LogP contribution in [-0.4, -0.2) is 28.0 Å². The van der Waals surface area contributed by atoms with Gasteiger partial charge in [-0.25, -0.2) is 4.79 Å².